The van der Waals surface area contributed by atoms with Crippen molar-refractivity contribution in [3.8, 4) is 0 Å². The van der Waals surface area contributed by atoms with Gasteiger partial charge in [-0.3, -0.25) is 4.79 Å². The number of nitrogens with one attached hydrogen (secondary N) is 1. The molecule has 0 radical (unpaired) electrons. The van der Waals surface area contributed by atoms with Crippen LogP contribution in [0.25, 0.3) is 0 Å². The molecule has 0 heterocycles. The minimum absolute atomic E-state index is 0.0764. The lowest BCUT2D eigenvalue weighted by molar-refractivity contribution is -0.133. The van der Waals surface area contributed by atoms with Crippen LogP contribution in [-0.2, 0) is 14.4 Å². The Hall–Kier alpha value is -2.37. The average molecular weight is 313 g/mol. The van der Waals surface area contributed by atoms with Gasteiger partial charge in [-0.2, -0.15) is 0 Å². The Kier molecular flexibility index (Phi) is 13.9. The van der Waals surface area contributed by atoms with Crippen LogP contribution in [0.1, 0.15) is 41.5 Å². The van der Waals surface area contributed by atoms with Crippen molar-refractivity contribution in [3.63, 3.8) is 0 Å². The molecule has 3 N–H and O–H groups in total. The molecule has 0 saturated carbocycles. The van der Waals surface area contributed by atoms with E-state index in [1.54, 1.807) is 26.8 Å². The lowest BCUT2D eigenvalue weighted by Gasteiger charge is -2.20. The van der Waals surface area contributed by atoms with Crippen molar-refractivity contribution in [2.24, 2.45) is 0 Å². The molecule has 0 unspecified atom stereocenters. The van der Waals surface area contributed by atoms with Gasteiger partial charge in [0.15, 0.2) is 0 Å². The molecule has 0 fully saturated rings. The lowest BCUT2D eigenvalue weighted by Crippen LogP contribution is -2.40. The standard InChI is InChI=1S/C8H15NO.C5H8O2.C3H4O2/c1-6(2)7(10)9-8(3,4)5;1-3-4(2)5(6)7;1-2-3(4)5/h1H2,2-5H3,(H,9,10);3H,1-2H3,(H,6,7);2H,1H2,(H,4,5). The molecule has 0 saturated heterocycles. The summed E-state index contributed by atoms with van der Waals surface area (Å²) in [6.07, 6.45) is 2.39. The molecule has 0 rings (SSSR count). The highest BCUT2D eigenvalue weighted by Gasteiger charge is 2.12. The molecule has 6 nitrogen and oxygen atoms in total. The zero-order valence-corrected chi connectivity index (χ0v) is 14.2. The second-order valence-corrected chi connectivity index (χ2v) is 5.30. The van der Waals surface area contributed by atoms with E-state index in [0.717, 1.165) is 6.08 Å². The van der Waals surface area contributed by atoms with Gasteiger partial charge in [0.05, 0.1) is 0 Å². The fraction of sp³-hybridized carbons (Fsp3) is 0.438. The second-order valence-electron chi connectivity index (χ2n) is 5.30. The quantitative estimate of drug-likeness (QED) is 0.695. The highest BCUT2D eigenvalue weighted by Crippen LogP contribution is 2.00. The molecule has 0 atom stereocenters. The van der Waals surface area contributed by atoms with Crippen LogP contribution in [0.4, 0.5) is 0 Å². The first-order valence-electron chi connectivity index (χ1n) is 6.48. The van der Waals surface area contributed by atoms with Gasteiger partial charge in [-0.25, -0.2) is 9.59 Å². The minimum Gasteiger partial charge on any atom is -0.478 e. The summed E-state index contributed by atoms with van der Waals surface area (Å²) < 4.78 is 0. The first-order chi connectivity index (χ1) is 9.78. The molecule has 0 aromatic carbocycles. The zero-order valence-electron chi connectivity index (χ0n) is 14.2. The predicted molar refractivity (Wildman–Crippen MR) is 87.6 cm³/mol. The van der Waals surface area contributed by atoms with Crippen LogP contribution in [0.15, 0.2) is 36.5 Å². The summed E-state index contributed by atoms with van der Waals surface area (Å²) in [5, 5.41) is 18.5. The number of allylic oxidation sites excluding steroid dienone is 1. The third-order valence-corrected chi connectivity index (χ3v) is 1.82. The van der Waals surface area contributed by atoms with Crippen LogP contribution < -0.4 is 5.32 Å². The molecule has 0 aliphatic carbocycles. The number of carbonyl (C=O) groups excluding carboxylic acids is 1. The number of carbonyl (C=O) groups is 3. The van der Waals surface area contributed by atoms with Gasteiger partial charge in [0.25, 0.3) is 0 Å². The van der Waals surface area contributed by atoms with Gasteiger partial charge in [0, 0.05) is 22.8 Å². The van der Waals surface area contributed by atoms with E-state index < -0.39 is 11.9 Å². The molecule has 126 valence electrons. The second kappa shape index (κ2) is 12.4. The van der Waals surface area contributed by atoms with Gasteiger partial charge in [0.2, 0.25) is 5.91 Å². The van der Waals surface area contributed by atoms with Crippen molar-refractivity contribution < 1.29 is 24.6 Å². The largest absolute Gasteiger partial charge is 0.478 e. The molecule has 0 aromatic heterocycles. The van der Waals surface area contributed by atoms with Crippen molar-refractivity contribution in [2.75, 3.05) is 0 Å². The maximum absolute atomic E-state index is 10.9. The minimum atomic E-state index is -0.981. The molecular weight excluding hydrogens is 286 g/mol. The number of hydrogen-bond donors (Lipinski definition) is 3. The molecule has 1 amide bonds. The molecule has 0 aliphatic heterocycles. The smallest absolute Gasteiger partial charge is 0.330 e. The Morgan fingerprint density at radius 1 is 1.09 bits per heavy atom. The van der Waals surface area contributed by atoms with E-state index in [4.69, 9.17) is 10.2 Å². The zero-order chi connectivity index (χ0) is 18.5. The number of hydrogen-bond acceptors (Lipinski definition) is 3. The Morgan fingerprint density at radius 3 is 1.50 bits per heavy atom. The van der Waals surface area contributed by atoms with Gasteiger partial charge in [0.1, 0.15) is 0 Å². The number of carboxylic acids is 2. The Bertz CT molecular complexity index is 442. The number of rotatable bonds is 3. The van der Waals surface area contributed by atoms with Crippen LogP contribution in [0.3, 0.4) is 0 Å². The molecule has 0 aliphatic rings. The van der Waals surface area contributed by atoms with E-state index in [0.29, 0.717) is 11.1 Å². The van der Waals surface area contributed by atoms with Gasteiger partial charge in [-0.15, -0.1) is 0 Å². The summed E-state index contributed by atoms with van der Waals surface area (Å²) in [7, 11) is 0. The molecule has 6 heteroatoms. The predicted octanol–water partition coefficient (Wildman–Crippen LogP) is 2.77. The monoisotopic (exact) mass is 313 g/mol. The van der Waals surface area contributed by atoms with Crippen molar-refractivity contribution in [2.45, 2.75) is 47.1 Å². The van der Waals surface area contributed by atoms with Crippen molar-refractivity contribution >= 4 is 17.8 Å². The molecule has 0 bridgehead atoms. The number of aliphatic carboxylic acids is 2. The first kappa shape index (κ1) is 24.6. The van der Waals surface area contributed by atoms with Gasteiger partial charge in [-0.1, -0.05) is 19.2 Å². The maximum atomic E-state index is 10.9. The SMILES string of the molecule is C=C(C)C(=O)NC(C)(C)C.C=CC(=O)O.CC=C(C)C(=O)O. The summed E-state index contributed by atoms with van der Waals surface area (Å²) in [5.74, 6) is -1.90. The van der Waals surface area contributed by atoms with Gasteiger partial charge >= 0.3 is 11.9 Å². The molecule has 0 aromatic rings. The summed E-state index contributed by atoms with van der Waals surface area (Å²) >= 11 is 0. The van der Waals surface area contributed by atoms with E-state index >= 15 is 0 Å². The van der Waals surface area contributed by atoms with E-state index in [9.17, 15) is 14.4 Å². The van der Waals surface area contributed by atoms with Crippen molar-refractivity contribution in [1.29, 1.82) is 0 Å². The number of amides is 1. The van der Waals surface area contributed by atoms with Gasteiger partial charge in [-0.05, 0) is 41.5 Å². The Balaban J connectivity index is -0.000000263. The maximum Gasteiger partial charge on any atom is 0.330 e. The van der Waals surface area contributed by atoms with Crippen LogP contribution in [0.2, 0.25) is 0 Å². The fourth-order valence-corrected chi connectivity index (χ4v) is 0.571. The van der Waals surface area contributed by atoms with E-state index in [1.165, 1.54) is 0 Å². The topological polar surface area (TPSA) is 104 Å². The highest BCUT2D eigenvalue weighted by molar-refractivity contribution is 5.92. The normalized spacial score (nSPS) is 10.0. The molecule has 22 heavy (non-hydrogen) atoms. The summed E-state index contributed by atoms with van der Waals surface area (Å²) in [5.41, 5.74) is 0.783. The summed E-state index contributed by atoms with van der Waals surface area (Å²) in [6.45, 7) is 17.3. The molecule has 0 spiro atoms. The molecular formula is C16H27NO5. The fourth-order valence-electron chi connectivity index (χ4n) is 0.571. The summed E-state index contributed by atoms with van der Waals surface area (Å²) in [4.78, 5) is 30.1. The lowest BCUT2D eigenvalue weighted by atomic mass is 10.1. The van der Waals surface area contributed by atoms with Crippen LogP contribution in [0, 0.1) is 0 Å². The van der Waals surface area contributed by atoms with Gasteiger partial charge < -0.3 is 15.5 Å². The van der Waals surface area contributed by atoms with Crippen molar-refractivity contribution in [3.05, 3.63) is 36.5 Å². The van der Waals surface area contributed by atoms with Crippen LogP contribution >= 0.6 is 0 Å². The van der Waals surface area contributed by atoms with Crippen molar-refractivity contribution in [1.82, 2.24) is 5.32 Å². The van der Waals surface area contributed by atoms with Crippen LogP contribution in [-0.4, -0.2) is 33.6 Å². The van der Waals surface area contributed by atoms with E-state index in [2.05, 4.69) is 18.5 Å². The number of carboxylic acid groups (broad SMARTS) is 2. The van der Waals surface area contributed by atoms with Crippen LogP contribution in [0.5, 0.6) is 0 Å². The highest BCUT2D eigenvalue weighted by atomic mass is 16.4. The first-order valence-corrected chi connectivity index (χ1v) is 6.48. The van der Waals surface area contributed by atoms with E-state index in [-0.39, 0.29) is 11.4 Å². The third kappa shape index (κ3) is 22.8. The van der Waals surface area contributed by atoms with E-state index in [1.807, 2.05) is 20.8 Å². The summed E-state index contributed by atoms with van der Waals surface area (Å²) in [6, 6.07) is 0. The Labute approximate surface area is 132 Å². The third-order valence-electron chi connectivity index (χ3n) is 1.82. The average Bonchev–Trinajstić information content (AvgIpc) is 2.36. The Morgan fingerprint density at radius 2 is 1.45 bits per heavy atom.